The summed E-state index contributed by atoms with van der Waals surface area (Å²) >= 11 is 0. The van der Waals surface area contributed by atoms with Crippen molar-refractivity contribution < 1.29 is 28.6 Å². The summed E-state index contributed by atoms with van der Waals surface area (Å²) in [4.78, 5) is 35.9. The minimum absolute atomic E-state index is 0.0319. The Bertz CT molecular complexity index is 573. The largest absolute Gasteiger partial charge is 0.379 e. The lowest BCUT2D eigenvalue weighted by atomic mass is 10.0. The zero-order valence-electron chi connectivity index (χ0n) is 24.0. The molecule has 0 spiro atoms. The number of unbranched alkanes of at least 4 members (excludes halogenated alkanes) is 2. The molecule has 0 aliphatic rings. The summed E-state index contributed by atoms with van der Waals surface area (Å²) in [6.45, 7) is 13.8. The van der Waals surface area contributed by atoms with Crippen LogP contribution in [-0.4, -0.2) is 88.6 Å². The fourth-order valence-electron chi connectivity index (χ4n) is 3.50. The highest BCUT2D eigenvalue weighted by atomic mass is 16.5. The highest BCUT2D eigenvalue weighted by Crippen LogP contribution is 2.12. The summed E-state index contributed by atoms with van der Waals surface area (Å²) in [5.74, 6) is -0.106. The molecule has 0 atom stereocenters. The van der Waals surface area contributed by atoms with Crippen molar-refractivity contribution in [2.45, 2.75) is 97.6 Å². The van der Waals surface area contributed by atoms with Gasteiger partial charge in [0.05, 0.1) is 45.2 Å². The molecule has 0 heterocycles. The summed E-state index contributed by atoms with van der Waals surface area (Å²) in [5.41, 5.74) is -0.689. The molecular formula is C27H54N4O6. The highest BCUT2D eigenvalue weighted by molar-refractivity contribution is 5.76. The Morgan fingerprint density at radius 1 is 0.622 bits per heavy atom. The quantitative estimate of drug-likeness (QED) is 0.133. The van der Waals surface area contributed by atoms with Crippen LogP contribution in [0.25, 0.3) is 0 Å². The molecule has 0 saturated carbocycles. The van der Waals surface area contributed by atoms with Crippen LogP contribution >= 0.6 is 0 Å². The highest BCUT2D eigenvalue weighted by Gasteiger charge is 2.32. The molecular weight excluding hydrogens is 476 g/mol. The summed E-state index contributed by atoms with van der Waals surface area (Å²) in [6.07, 6.45) is 5.68. The van der Waals surface area contributed by atoms with E-state index in [1.165, 1.54) is 0 Å². The predicted molar refractivity (Wildman–Crippen MR) is 146 cm³/mol. The molecule has 0 aromatic heterocycles. The number of amides is 3. The molecule has 0 fully saturated rings. The van der Waals surface area contributed by atoms with Gasteiger partial charge in [-0.3, -0.25) is 14.4 Å². The first-order valence-electron chi connectivity index (χ1n) is 14.1. The first kappa shape index (κ1) is 35.2. The number of carbonyl (C=O) groups excluding carboxylic acids is 3. The molecule has 0 saturated heterocycles. The minimum atomic E-state index is -0.689. The van der Waals surface area contributed by atoms with E-state index in [4.69, 9.17) is 14.2 Å². The normalized spacial score (nSPS) is 11.5. The van der Waals surface area contributed by atoms with Gasteiger partial charge in [-0.05, 0) is 19.3 Å². The molecule has 10 heteroatoms. The number of hydrogen-bond donors (Lipinski definition) is 4. The number of carbonyl (C=O) groups is 3. The average Bonchev–Trinajstić information content (AvgIpc) is 2.86. The van der Waals surface area contributed by atoms with Crippen molar-refractivity contribution in [2.75, 3.05) is 59.3 Å². The van der Waals surface area contributed by atoms with Gasteiger partial charge in [0.15, 0.2) is 0 Å². The second kappa shape index (κ2) is 23.4. The lowest BCUT2D eigenvalue weighted by Gasteiger charge is -2.36. The van der Waals surface area contributed by atoms with E-state index in [-0.39, 0.29) is 82.7 Å². The third kappa shape index (κ3) is 20.9. The zero-order valence-corrected chi connectivity index (χ0v) is 24.0. The van der Waals surface area contributed by atoms with Crippen molar-refractivity contribution in [3.05, 3.63) is 0 Å². The van der Waals surface area contributed by atoms with Crippen LogP contribution in [0.5, 0.6) is 0 Å². The summed E-state index contributed by atoms with van der Waals surface area (Å²) in [5, 5.41) is 12.1. The van der Waals surface area contributed by atoms with Crippen molar-refractivity contribution in [1.82, 2.24) is 21.3 Å². The Balaban J connectivity index is 4.90. The standard InChI is InChI=1S/C27H54N4O6/c1-6-9-15-29-25(33)12-18-36-21-27(31-23(4)5,20-35-17-11-24(32)28-14-8-3)22-37-19-13-26(34)30-16-10-7-2/h23,31H,6-22H2,1-5H3,(H,28,32)(H,29,33)(H,30,34). The summed E-state index contributed by atoms with van der Waals surface area (Å²) in [6, 6.07) is 0.110. The SMILES string of the molecule is CCCCNC(=O)CCOCC(COCCC(=O)NCCC)(COCCC(=O)NCCCC)NC(C)C. The maximum atomic E-state index is 12.0. The Labute approximate surface area is 224 Å². The van der Waals surface area contributed by atoms with Gasteiger partial charge >= 0.3 is 0 Å². The third-order valence-electron chi connectivity index (χ3n) is 5.43. The smallest absolute Gasteiger partial charge is 0.222 e. The van der Waals surface area contributed by atoms with Gasteiger partial charge < -0.3 is 35.5 Å². The fourth-order valence-corrected chi connectivity index (χ4v) is 3.50. The van der Waals surface area contributed by atoms with E-state index < -0.39 is 5.54 Å². The second-order valence-corrected chi connectivity index (χ2v) is 9.74. The van der Waals surface area contributed by atoms with Crippen LogP contribution in [0.4, 0.5) is 0 Å². The fraction of sp³-hybridized carbons (Fsp3) is 0.889. The van der Waals surface area contributed by atoms with Gasteiger partial charge in [0.25, 0.3) is 0 Å². The van der Waals surface area contributed by atoms with Gasteiger partial charge in [0, 0.05) is 44.9 Å². The van der Waals surface area contributed by atoms with Gasteiger partial charge in [-0.25, -0.2) is 0 Å². The van der Waals surface area contributed by atoms with E-state index in [9.17, 15) is 14.4 Å². The monoisotopic (exact) mass is 530 g/mol. The van der Waals surface area contributed by atoms with Crippen LogP contribution in [0.3, 0.4) is 0 Å². The van der Waals surface area contributed by atoms with E-state index in [0.29, 0.717) is 19.6 Å². The van der Waals surface area contributed by atoms with E-state index >= 15 is 0 Å². The molecule has 3 amide bonds. The van der Waals surface area contributed by atoms with Gasteiger partial charge in [0.1, 0.15) is 0 Å². The number of nitrogens with one attached hydrogen (secondary N) is 4. The van der Waals surface area contributed by atoms with Crippen molar-refractivity contribution in [1.29, 1.82) is 0 Å². The van der Waals surface area contributed by atoms with Crippen LogP contribution in [0, 0.1) is 0 Å². The van der Waals surface area contributed by atoms with E-state index in [1.54, 1.807) is 0 Å². The maximum absolute atomic E-state index is 12.0. The molecule has 0 bridgehead atoms. The van der Waals surface area contributed by atoms with Crippen LogP contribution in [0.1, 0.15) is 86.0 Å². The van der Waals surface area contributed by atoms with Crippen LogP contribution in [0.15, 0.2) is 0 Å². The van der Waals surface area contributed by atoms with E-state index in [2.05, 4.69) is 35.1 Å². The molecule has 0 radical (unpaired) electrons. The molecule has 0 aromatic carbocycles. The molecule has 4 N–H and O–H groups in total. The van der Waals surface area contributed by atoms with Gasteiger partial charge in [-0.2, -0.15) is 0 Å². The third-order valence-corrected chi connectivity index (χ3v) is 5.43. The Morgan fingerprint density at radius 2 is 1.00 bits per heavy atom. The first-order chi connectivity index (χ1) is 17.8. The first-order valence-corrected chi connectivity index (χ1v) is 14.1. The lowest BCUT2D eigenvalue weighted by molar-refractivity contribution is -0.122. The molecule has 0 unspecified atom stereocenters. The lowest BCUT2D eigenvalue weighted by Crippen LogP contribution is -2.59. The van der Waals surface area contributed by atoms with Crippen LogP contribution in [0.2, 0.25) is 0 Å². The van der Waals surface area contributed by atoms with Crippen LogP contribution < -0.4 is 21.3 Å². The molecule has 0 rings (SSSR count). The predicted octanol–water partition coefficient (Wildman–Crippen LogP) is 2.30. The minimum Gasteiger partial charge on any atom is -0.379 e. The summed E-state index contributed by atoms with van der Waals surface area (Å²) in [7, 11) is 0. The van der Waals surface area contributed by atoms with Crippen molar-refractivity contribution in [3.63, 3.8) is 0 Å². The van der Waals surface area contributed by atoms with Gasteiger partial charge in [0.2, 0.25) is 17.7 Å². The molecule has 10 nitrogen and oxygen atoms in total. The van der Waals surface area contributed by atoms with Crippen molar-refractivity contribution >= 4 is 17.7 Å². The Kier molecular flexibility index (Phi) is 22.3. The topological polar surface area (TPSA) is 127 Å². The zero-order chi connectivity index (χ0) is 27.8. The van der Waals surface area contributed by atoms with E-state index in [1.807, 2.05) is 20.8 Å². The van der Waals surface area contributed by atoms with Crippen LogP contribution in [-0.2, 0) is 28.6 Å². The Morgan fingerprint density at radius 3 is 1.32 bits per heavy atom. The number of rotatable bonds is 25. The molecule has 0 aliphatic carbocycles. The molecule has 0 aromatic rings. The Hall–Kier alpha value is -1.75. The average molecular weight is 531 g/mol. The summed E-state index contributed by atoms with van der Waals surface area (Å²) < 4.78 is 17.7. The molecule has 37 heavy (non-hydrogen) atoms. The number of hydrogen-bond acceptors (Lipinski definition) is 7. The van der Waals surface area contributed by atoms with Crippen molar-refractivity contribution in [3.8, 4) is 0 Å². The molecule has 0 aliphatic heterocycles. The van der Waals surface area contributed by atoms with E-state index in [0.717, 1.165) is 32.1 Å². The maximum Gasteiger partial charge on any atom is 0.222 e. The van der Waals surface area contributed by atoms with Gasteiger partial charge in [-0.1, -0.05) is 47.5 Å². The molecule has 218 valence electrons. The second-order valence-electron chi connectivity index (χ2n) is 9.74. The van der Waals surface area contributed by atoms with Gasteiger partial charge in [-0.15, -0.1) is 0 Å². The number of ether oxygens (including phenoxy) is 3. The van der Waals surface area contributed by atoms with Crippen molar-refractivity contribution in [2.24, 2.45) is 0 Å².